The van der Waals surface area contributed by atoms with Gasteiger partial charge in [-0.1, -0.05) is 41.9 Å². The predicted molar refractivity (Wildman–Crippen MR) is 87.0 cm³/mol. The van der Waals surface area contributed by atoms with E-state index in [0.717, 1.165) is 31.2 Å². The molecule has 0 N–H and O–H groups in total. The molecule has 1 aromatic heterocycles. The van der Waals surface area contributed by atoms with Crippen LogP contribution in [0.1, 0.15) is 36.6 Å². The highest BCUT2D eigenvalue weighted by molar-refractivity contribution is 6.29. The van der Waals surface area contributed by atoms with E-state index in [1.807, 2.05) is 13.0 Å². The van der Waals surface area contributed by atoms with E-state index < -0.39 is 0 Å². The van der Waals surface area contributed by atoms with Crippen LogP contribution in [0, 0.1) is 6.92 Å². The molecule has 0 saturated carbocycles. The first-order valence-electron chi connectivity index (χ1n) is 7.53. The summed E-state index contributed by atoms with van der Waals surface area (Å²) in [6, 6.07) is 12.7. The average molecular weight is 302 g/mol. The van der Waals surface area contributed by atoms with Crippen molar-refractivity contribution in [3.05, 3.63) is 52.9 Å². The van der Waals surface area contributed by atoms with Gasteiger partial charge in [0.15, 0.2) is 0 Å². The largest absolute Gasteiger partial charge is 0.356 e. The molecule has 1 atom stereocenters. The molecule has 3 nitrogen and oxygen atoms in total. The van der Waals surface area contributed by atoms with Gasteiger partial charge in [-0.3, -0.25) is 0 Å². The van der Waals surface area contributed by atoms with Gasteiger partial charge < -0.3 is 4.90 Å². The summed E-state index contributed by atoms with van der Waals surface area (Å²) < 4.78 is 0. The highest BCUT2D eigenvalue weighted by Crippen LogP contribution is 2.29. The number of aryl methyl sites for hydroxylation is 1. The Morgan fingerprint density at radius 3 is 2.67 bits per heavy atom. The minimum Gasteiger partial charge on any atom is -0.356 e. The first kappa shape index (κ1) is 14.3. The van der Waals surface area contributed by atoms with E-state index in [-0.39, 0.29) is 0 Å². The van der Waals surface area contributed by atoms with E-state index in [1.165, 1.54) is 18.4 Å². The summed E-state index contributed by atoms with van der Waals surface area (Å²) in [5.41, 5.74) is 1.45. The van der Waals surface area contributed by atoms with Crippen molar-refractivity contribution in [1.82, 2.24) is 9.97 Å². The Morgan fingerprint density at radius 2 is 1.90 bits per heavy atom. The Morgan fingerprint density at radius 1 is 1.10 bits per heavy atom. The normalized spacial score (nSPS) is 19.3. The van der Waals surface area contributed by atoms with Crippen LogP contribution in [0.15, 0.2) is 36.4 Å². The van der Waals surface area contributed by atoms with Gasteiger partial charge in [-0.15, -0.1) is 0 Å². The van der Waals surface area contributed by atoms with Gasteiger partial charge in [-0.05, 0) is 37.7 Å². The van der Waals surface area contributed by atoms with E-state index in [2.05, 4.69) is 45.2 Å². The maximum atomic E-state index is 6.06. The van der Waals surface area contributed by atoms with Crippen LogP contribution in [0.3, 0.4) is 0 Å². The Kier molecular flexibility index (Phi) is 4.39. The van der Waals surface area contributed by atoms with Crippen LogP contribution >= 0.6 is 11.6 Å². The van der Waals surface area contributed by atoms with Gasteiger partial charge in [-0.25, -0.2) is 9.97 Å². The SMILES string of the molecule is Cc1nc(Cl)cc(N2CCCC(c3ccccc3)CC2)n1. The lowest BCUT2D eigenvalue weighted by Crippen LogP contribution is -2.25. The van der Waals surface area contributed by atoms with E-state index in [1.54, 1.807) is 0 Å². The molecule has 2 aromatic rings. The quantitative estimate of drug-likeness (QED) is 0.778. The minimum atomic E-state index is 0.529. The third-order valence-electron chi connectivity index (χ3n) is 4.12. The van der Waals surface area contributed by atoms with Crippen LogP contribution in [-0.2, 0) is 0 Å². The molecule has 0 bridgehead atoms. The number of nitrogens with zero attached hydrogens (tertiary/aromatic N) is 3. The lowest BCUT2D eigenvalue weighted by molar-refractivity contribution is 0.612. The lowest BCUT2D eigenvalue weighted by atomic mass is 9.92. The van der Waals surface area contributed by atoms with E-state index in [0.29, 0.717) is 11.1 Å². The van der Waals surface area contributed by atoms with Crippen molar-refractivity contribution in [2.24, 2.45) is 0 Å². The zero-order chi connectivity index (χ0) is 14.7. The fraction of sp³-hybridized carbons (Fsp3) is 0.412. The number of benzene rings is 1. The molecule has 0 spiro atoms. The minimum absolute atomic E-state index is 0.529. The summed E-state index contributed by atoms with van der Waals surface area (Å²) in [6.07, 6.45) is 3.57. The molecule has 0 radical (unpaired) electrons. The zero-order valence-electron chi connectivity index (χ0n) is 12.3. The molecule has 0 amide bonds. The first-order valence-corrected chi connectivity index (χ1v) is 7.91. The Balaban J connectivity index is 1.73. The highest BCUT2D eigenvalue weighted by Gasteiger charge is 2.19. The van der Waals surface area contributed by atoms with Crippen LogP contribution in [0.25, 0.3) is 0 Å². The molecule has 1 fully saturated rings. The predicted octanol–water partition coefficient (Wildman–Crippen LogP) is 4.21. The standard InChI is InChI=1S/C17H20ClN3/c1-13-19-16(18)12-17(20-13)21-10-5-8-15(9-11-21)14-6-3-2-4-7-14/h2-4,6-7,12,15H,5,8-11H2,1H3. The van der Waals surface area contributed by atoms with Gasteiger partial charge in [0.1, 0.15) is 16.8 Å². The Bertz CT molecular complexity index is 580. The van der Waals surface area contributed by atoms with Crippen molar-refractivity contribution in [2.45, 2.75) is 32.1 Å². The molecule has 4 heteroatoms. The van der Waals surface area contributed by atoms with Crippen molar-refractivity contribution >= 4 is 17.4 Å². The van der Waals surface area contributed by atoms with Crippen molar-refractivity contribution in [1.29, 1.82) is 0 Å². The maximum absolute atomic E-state index is 6.06. The van der Waals surface area contributed by atoms with Crippen LogP contribution in [0.5, 0.6) is 0 Å². The van der Waals surface area contributed by atoms with Crippen LogP contribution in [-0.4, -0.2) is 23.1 Å². The Hall–Kier alpha value is -1.61. The van der Waals surface area contributed by atoms with Gasteiger partial charge >= 0.3 is 0 Å². The molecule has 3 rings (SSSR count). The maximum Gasteiger partial charge on any atom is 0.134 e. The second kappa shape index (κ2) is 6.44. The van der Waals surface area contributed by atoms with Crippen molar-refractivity contribution in [3.8, 4) is 0 Å². The zero-order valence-corrected chi connectivity index (χ0v) is 13.1. The molecular formula is C17H20ClN3. The van der Waals surface area contributed by atoms with Gasteiger partial charge in [0.05, 0.1) is 0 Å². The fourth-order valence-corrected chi connectivity index (χ4v) is 3.28. The van der Waals surface area contributed by atoms with Crippen LogP contribution in [0.4, 0.5) is 5.82 Å². The molecule has 0 aliphatic carbocycles. The molecule has 21 heavy (non-hydrogen) atoms. The van der Waals surface area contributed by atoms with Crippen LogP contribution < -0.4 is 4.90 Å². The second-order valence-electron chi connectivity index (χ2n) is 5.62. The van der Waals surface area contributed by atoms with Crippen molar-refractivity contribution < 1.29 is 0 Å². The van der Waals surface area contributed by atoms with Gasteiger partial charge in [-0.2, -0.15) is 0 Å². The molecule has 2 heterocycles. The second-order valence-corrected chi connectivity index (χ2v) is 6.01. The molecule has 110 valence electrons. The van der Waals surface area contributed by atoms with Gasteiger partial charge in [0.25, 0.3) is 0 Å². The highest BCUT2D eigenvalue weighted by atomic mass is 35.5. The summed E-state index contributed by atoms with van der Waals surface area (Å²) in [4.78, 5) is 11.0. The summed E-state index contributed by atoms with van der Waals surface area (Å²) in [6.45, 7) is 3.95. The molecule has 1 saturated heterocycles. The monoisotopic (exact) mass is 301 g/mol. The molecule has 1 aliphatic heterocycles. The van der Waals surface area contributed by atoms with E-state index >= 15 is 0 Å². The lowest BCUT2D eigenvalue weighted by Gasteiger charge is -2.22. The number of anilines is 1. The molecule has 1 aromatic carbocycles. The average Bonchev–Trinajstić information content (AvgIpc) is 2.73. The van der Waals surface area contributed by atoms with Crippen molar-refractivity contribution in [3.63, 3.8) is 0 Å². The van der Waals surface area contributed by atoms with Gasteiger partial charge in [0.2, 0.25) is 0 Å². The number of aromatic nitrogens is 2. The van der Waals surface area contributed by atoms with Crippen molar-refractivity contribution in [2.75, 3.05) is 18.0 Å². The topological polar surface area (TPSA) is 29.0 Å². The third kappa shape index (κ3) is 3.53. The molecule has 1 aliphatic rings. The number of hydrogen-bond acceptors (Lipinski definition) is 3. The Labute approximate surface area is 131 Å². The van der Waals surface area contributed by atoms with Gasteiger partial charge in [0, 0.05) is 19.2 Å². The fourth-order valence-electron chi connectivity index (χ4n) is 3.06. The first-order chi connectivity index (χ1) is 10.2. The summed E-state index contributed by atoms with van der Waals surface area (Å²) in [5, 5.41) is 0.529. The molecular weight excluding hydrogens is 282 g/mol. The molecule has 1 unspecified atom stereocenters. The van der Waals surface area contributed by atoms with Crippen LogP contribution in [0.2, 0.25) is 5.15 Å². The van der Waals surface area contributed by atoms with E-state index in [4.69, 9.17) is 11.6 Å². The number of hydrogen-bond donors (Lipinski definition) is 0. The summed E-state index contributed by atoms with van der Waals surface area (Å²) in [7, 11) is 0. The van der Waals surface area contributed by atoms with E-state index in [9.17, 15) is 0 Å². The third-order valence-corrected chi connectivity index (χ3v) is 4.31. The number of halogens is 1. The number of rotatable bonds is 2. The smallest absolute Gasteiger partial charge is 0.134 e. The summed E-state index contributed by atoms with van der Waals surface area (Å²) in [5.74, 6) is 2.34. The summed E-state index contributed by atoms with van der Waals surface area (Å²) >= 11 is 6.06.